The number of likely N-dealkylation sites (tertiary alicyclic amines) is 1. The summed E-state index contributed by atoms with van der Waals surface area (Å²) >= 11 is 0. The number of esters is 1. The first kappa shape index (κ1) is 23.2. The maximum atomic E-state index is 13.6. The van der Waals surface area contributed by atoms with Gasteiger partial charge in [0.1, 0.15) is 11.9 Å². The number of benzene rings is 1. The van der Waals surface area contributed by atoms with Crippen molar-refractivity contribution < 1.29 is 13.9 Å². The fourth-order valence-electron chi connectivity index (χ4n) is 6.73. The van der Waals surface area contributed by atoms with E-state index in [0.717, 1.165) is 42.9 Å². The minimum absolute atomic E-state index is 0.00613. The summed E-state index contributed by atoms with van der Waals surface area (Å²) in [6, 6.07) is 10.5. The molecule has 180 valence electrons. The lowest BCUT2D eigenvalue weighted by atomic mass is 9.54. The van der Waals surface area contributed by atoms with Crippen molar-refractivity contribution in [2.24, 2.45) is 29.1 Å². The molecule has 1 aromatic carbocycles. The van der Waals surface area contributed by atoms with Gasteiger partial charge in [-0.2, -0.15) is 0 Å². The Balaban J connectivity index is 1.41. The van der Waals surface area contributed by atoms with Crippen LogP contribution in [0.15, 0.2) is 48.7 Å². The van der Waals surface area contributed by atoms with Crippen molar-refractivity contribution in [1.29, 1.82) is 0 Å². The molecular weight excluding hydrogens is 427 g/mol. The molecule has 2 aliphatic heterocycles. The molecule has 0 amide bonds. The predicted molar refractivity (Wildman–Crippen MR) is 132 cm³/mol. The van der Waals surface area contributed by atoms with Gasteiger partial charge in [0.15, 0.2) is 0 Å². The highest BCUT2D eigenvalue weighted by molar-refractivity contribution is 5.80. The third-order valence-electron chi connectivity index (χ3n) is 8.59. The van der Waals surface area contributed by atoms with E-state index in [1.807, 2.05) is 18.2 Å². The number of cyclic esters (lactones) is 1. The summed E-state index contributed by atoms with van der Waals surface area (Å²) in [5.74, 6) is 1.08. The second-order valence-electron chi connectivity index (χ2n) is 10.7. The summed E-state index contributed by atoms with van der Waals surface area (Å²) in [7, 11) is 0. The summed E-state index contributed by atoms with van der Waals surface area (Å²) in [6.45, 7) is 9.67. The topological polar surface area (TPSA) is 42.4 Å². The quantitative estimate of drug-likeness (QED) is 0.524. The van der Waals surface area contributed by atoms with Crippen molar-refractivity contribution in [2.75, 3.05) is 19.6 Å². The molecule has 1 saturated carbocycles. The lowest BCUT2D eigenvalue weighted by molar-refractivity contribution is -0.151. The molecule has 3 fully saturated rings. The third-order valence-corrected chi connectivity index (χ3v) is 8.59. The molecule has 0 spiro atoms. The van der Waals surface area contributed by atoms with Crippen molar-refractivity contribution >= 4 is 12.0 Å². The Labute approximate surface area is 202 Å². The molecule has 2 saturated heterocycles. The molecule has 5 rings (SSSR count). The lowest BCUT2D eigenvalue weighted by Crippen LogP contribution is -2.53. The van der Waals surface area contributed by atoms with Crippen molar-refractivity contribution in [3.63, 3.8) is 0 Å². The van der Waals surface area contributed by atoms with Crippen LogP contribution in [0, 0.1) is 34.9 Å². The zero-order valence-corrected chi connectivity index (χ0v) is 20.4. The number of nitrogens with zero attached hydrogens (tertiary/aromatic N) is 2. The van der Waals surface area contributed by atoms with E-state index in [2.05, 4.69) is 42.8 Å². The van der Waals surface area contributed by atoms with Gasteiger partial charge in [-0.3, -0.25) is 9.78 Å². The zero-order valence-electron chi connectivity index (χ0n) is 20.4. The second-order valence-corrected chi connectivity index (χ2v) is 10.7. The minimum Gasteiger partial charge on any atom is -0.462 e. The Kier molecular flexibility index (Phi) is 6.32. The number of aromatic nitrogens is 1. The molecule has 5 heteroatoms. The predicted octanol–water partition coefficient (Wildman–Crippen LogP) is 5.84. The van der Waals surface area contributed by atoms with Crippen LogP contribution in [0.25, 0.3) is 17.2 Å². The smallest absolute Gasteiger partial charge is 0.314 e. The van der Waals surface area contributed by atoms with E-state index in [1.165, 1.54) is 25.0 Å². The molecule has 0 radical (unpaired) electrons. The van der Waals surface area contributed by atoms with Crippen LogP contribution in [-0.4, -0.2) is 41.6 Å². The van der Waals surface area contributed by atoms with Crippen molar-refractivity contribution in [1.82, 2.24) is 9.88 Å². The number of carbonyl (C=O) groups is 1. The van der Waals surface area contributed by atoms with Crippen LogP contribution < -0.4 is 0 Å². The van der Waals surface area contributed by atoms with E-state index in [-0.39, 0.29) is 29.7 Å². The summed E-state index contributed by atoms with van der Waals surface area (Å²) in [6.07, 6.45) is 9.42. The van der Waals surface area contributed by atoms with Crippen LogP contribution >= 0.6 is 0 Å². The number of hydrogen-bond acceptors (Lipinski definition) is 4. The molecule has 34 heavy (non-hydrogen) atoms. The van der Waals surface area contributed by atoms with Gasteiger partial charge >= 0.3 is 5.97 Å². The Hall–Kier alpha value is -2.53. The van der Waals surface area contributed by atoms with Gasteiger partial charge in [0.2, 0.25) is 0 Å². The molecule has 3 aliphatic rings. The van der Waals surface area contributed by atoms with Gasteiger partial charge < -0.3 is 9.64 Å². The van der Waals surface area contributed by atoms with Crippen LogP contribution in [0.1, 0.15) is 45.7 Å². The Morgan fingerprint density at radius 2 is 1.94 bits per heavy atom. The van der Waals surface area contributed by atoms with Crippen LogP contribution in [0.4, 0.5) is 4.39 Å². The number of rotatable bonds is 5. The second kappa shape index (κ2) is 9.26. The van der Waals surface area contributed by atoms with Crippen LogP contribution in [0.2, 0.25) is 0 Å². The van der Waals surface area contributed by atoms with E-state index in [9.17, 15) is 9.18 Å². The molecule has 1 aromatic heterocycles. The number of pyridine rings is 1. The fraction of sp³-hybridized carbons (Fsp3) is 0.517. The minimum atomic E-state index is -0.417. The highest BCUT2D eigenvalue weighted by Gasteiger charge is 2.62. The highest BCUT2D eigenvalue weighted by Crippen LogP contribution is 2.56. The molecule has 3 unspecified atom stereocenters. The van der Waals surface area contributed by atoms with E-state index in [1.54, 1.807) is 12.3 Å². The molecule has 2 aromatic rings. The van der Waals surface area contributed by atoms with E-state index in [4.69, 9.17) is 4.74 Å². The molecule has 1 aliphatic carbocycles. The van der Waals surface area contributed by atoms with Crippen molar-refractivity contribution in [2.45, 2.75) is 46.1 Å². The third kappa shape index (κ3) is 4.19. The average Bonchev–Trinajstić information content (AvgIpc) is 3.41. The summed E-state index contributed by atoms with van der Waals surface area (Å²) in [5.41, 5.74) is 2.16. The summed E-state index contributed by atoms with van der Waals surface area (Å²) < 4.78 is 19.5. The molecule has 6 atom stereocenters. The maximum Gasteiger partial charge on any atom is 0.314 e. The van der Waals surface area contributed by atoms with Gasteiger partial charge in [0.05, 0.1) is 11.1 Å². The molecule has 0 N–H and O–H groups in total. The normalized spacial score (nSPS) is 33.9. The van der Waals surface area contributed by atoms with E-state index >= 15 is 0 Å². The highest BCUT2D eigenvalue weighted by atomic mass is 19.1. The number of carbonyl (C=O) groups excluding carboxylic acids is 1. The lowest BCUT2D eigenvalue weighted by Gasteiger charge is -2.48. The first-order valence-electron chi connectivity index (χ1n) is 12.7. The number of allylic oxidation sites excluding steroid dienone is 1. The number of hydrogen-bond donors (Lipinski definition) is 0. The summed E-state index contributed by atoms with van der Waals surface area (Å²) in [5, 5.41) is 0. The van der Waals surface area contributed by atoms with Gasteiger partial charge in [-0.1, -0.05) is 38.1 Å². The monoisotopic (exact) mass is 462 g/mol. The average molecular weight is 463 g/mol. The van der Waals surface area contributed by atoms with Crippen LogP contribution in [0.5, 0.6) is 0 Å². The molecule has 0 bridgehead atoms. The largest absolute Gasteiger partial charge is 0.462 e. The Morgan fingerprint density at radius 1 is 1.15 bits per heavy atom. The van der Waals surface area contributed by atoms with E-state index < -0.39 is 5.41 Å². The molecule has 3 heterocycles. The first-order chi connectivity index (χ1) is 16.4. The standard InChI is InChI=1S/C29H35FN2O2/c1-19-16-29(18-32-13-4-5-14-32)27(21(3)34-28(29)33)26(20(19)2)12-11-25-10-9-23(17-31-25)22-7-6-8-24(30)15-22/h6-12,15,17,19-21,26-27H,4-5,13-14,16,18H2,1-3H3/b12-11+/t19?,20?,21-,26?,27+,29+/m1/s1. The SMILES string of the molecule is CC1C[C@@]2(CN3CCCC3)C(=O)O[C@H](C)[C@H]2C(/C=C/c2ccc(-c3cccc(F)c3)cn2)C1C. The number of halogens is 1. The van der Waals surface area contributed by atoms with Crippen molar-refractivity contribution in [3.8, 4) is 11.1 Å². The Morgan fingerprint density at radius 3 is 2.65 bits per heavy atom. The van der Waals surface area contributed by atoms with Gasteiger partial charge in [-0.25, -0.2) is 4.39 Å². The Bertz CT molecular complexity index is 1060. The number of ether oxygens (including phenoxy) is 1. The first-order valence-corrected chi connectivity index (χ1v) is 12.7. The maximum absolute atomic E-state index is 13.6. The zero-order chi connectivity index (χ0) is 23.9. The molecule has 4 nitrogen and oxygen atoms in total. The van der Waals surface area contributed by atoms with Crippen LogP contribution in [0.3, 0.4) is 0 Å². The number of fused-ring (bicyclic) bond motifs is 1. The van der Waals surface area contributed by atoms with Gasteiger partial charge in [0.25, 0.3) is 0 Å². The van der Waals surface area contributed by atoms with Gasteiger partial charge in [-0.15, -0.1) is 0 Å². The van der Waals surface area contributed by atoms with E-state index in [0.29, 0.717) is 11.8 Å². The van der Waals surface area contributed by atoms with Crippen LogP contribution in [-0.2, 0) is 9.53 Å². The summed E-state index contributed by atoms with van der Waals surface area (Å²) in [4.78, 5) is 20.4. The fourth-order valence-corrected chi connectivity index (χ4v) is 6.73. The van der Waals surface area contributed by atoms with Gasteiger partial charge in [0, 0.05) is 24.2 Å². The van der Waals surface area contributed by atoms with Crippen molar-refractivity contribution in [3.05, 3.63) is 60.2 Å². The van der Waals surface area contributed by atoms with Gasteiger partial charge in [-0.05, 0) is 86.9 Å². The molecular formula is C29H35FN2O2.